The van der Waals surface area contributed by atoms with Crippen molar-refractivity contribution in [2.24, 2.45) is 35.3 Å². The lowest BCUT2D eigenvalue weighted by atomic mass is 9.52. The van der Waals surface area contributed by atoms with Gasteiger partial charge < -0.3 is 5.73 Å². The molecule has 0 amide bonds. The zero-order valence-electron chi connectivity index (χ0n) is 9.41. The minimum Gasteiger partial charge on any atom is -0.330 e. The minimum absolute atomic E-state index is 0.723. The lowest BCUT2D eigenvalue weighted by molar-refractivity contribution is -0.0123. The molecule has 15 heavy (non-hydrogen) atoms. The second kappa shape index (κ2) is 3.83. The maximum atomic E-state index is 5.49. The number of hydrogen-bond acceptors (Lipinski definition) is 1. The maximum absolute atomic E-state index is 5.49. The number of hydrogen-bond donors (Lipinski definition) is 1. The fourth-order valence-electron chi connectivity index (χ4n) is 4.42. The van der Waals surface area contributed by atoms with Gasteiger partial charge >= 0.3 is 0 Å². The van der Waals surface area contributed by atoms with Crippen molar-refractivity contribution in [3.63, 3.8) is 0 Å². The van der Waals surface area contributed by atoms with Crippen LogP contribution in [-0.4, -0.2) is 6.54 Å². The zero-order valence-corrected chi connectivity index (χ0v) is 9.41. The Morgan fingerprint density at radius 1 is 0.933 bits per heavy atom. The molecule has 0 aromatic rings. The van der Waals surface area contributed by atoms with Gasteiger partial charge in [-0.25, -0.2) is 0 Å². The molecular weight excluding hydrogens is 182 g/mol. The van der Waals surface area contributed by atoms with Crippen LogP contribution < -0.4 is 5.73 Å². The molecule has 0 atom stereocenters. The molecule has 4 bridgehead atoms. The SMILES string of the molecule is NCCC#CC1C2CC3CC(C2)CC1C3. The first-order chi connectivity index (χ1) is 7.36. The van der Waals surface area contributed by atoms with Crippen LogP contribution in [0.3, 0.4) is 0 Å². The van der Waals surface area contributed by atoms with Gasteiger partial charge in [0.1, 0.15) is 0 Å². The summed E-state index contributed by atoms with van der Waals surface area (Å²) in [7, 11) is 0. The zero-order chi connectivity index (χ0) is 10.3. The summed E-state index contributed by atoms with van der Waals surface area (Å²) in [6, 6.07) is 0. The summed E-state index contributed by atoms with van der Waals surface area (Å²) in [6.45, 7) is 0.723. The second-order valence-corrected chi connectivity index (χ2v) is 5.82. The topological polar surface area (TPSA) is 26.0 Å². The highest BCUT2D eigenvalue weighted by molar-refractivity contribution is 5.13. The van der Waals surface area contributed by atoms with Crippen LogP contribution in [0.2, 0.25) is 0 Å². The first kappa shape index (κ1) is 9.73. The quantitative estimate of drug-likeness (QED) is 0.651. The van der Waals surface area contributed by atoms with Crippen LogP contribution in [0.5, 0.6) is 0 Å². The molecule has 0 aliphatic heterocycles. The summed E-state index contributed by atoms with van der Waals surface area (Å²) in [5.74, 6) is 11.6. The van der Waals surface area contributed by atoms with Gasteiger partial charge in [0.25, 0.3) is 0 Å². The Hall–Kier alpha value is -0.480. The minimum atomic E-state index is 0.723. The second-order valence-electron chi connectivity index (χ2n) is 5.82. The van der Waals surface area contributed by atoms with Gasteiger partial charge in [-0.15, -0.1) is 5.92 Å². The third kappa shape index (κ3) is 1.70. The van der Waals surface area contributed by atoms with E-state index in [9.17, 15) is 0 Å². The summed E-state index contributed by atoms with van der Waals surface area (Å²) >= 11 is 0. The highest BCUT2D eigenvalue weighted by Crippen LogP contribution is 2.56. The fraction of sp³-hybridized carbons (Fsp3) is 0.857. The third-order valence-electron chi connectivity index (χ3n) is 4.76. The number of nitrogens with two attached hydrogens (primary N) is 1. The molecule has 4 saturated carbocycles. The van der Waals surface area contributed by atoms with Gasteiger partial charge in [0.2, 0.25) is 0 Å². The van der Waals surface area contributed by atoms with Gasteiger partial charge in [0.05, 0.1) is 0 Å². The van der Waals surface area contributed by atoms with Crippen molar-refractivity contribution >= 4 is 0 Å². The van der Waals surface area contributed by atoms with E-state index in [1.807, 2.05) is 0 Å². The van der Waals surface area contributed by atoms with E-state index >= 15 is 0 Å². The molecule has 0 radical (unpaired) electrons. The largest absolute Gasteiger partial charge is 0.330 e. The molecule has 4 aliphatic rings. The summed E-state index contributed by atoms with van der Waals surface area (Å²) in [5, 5.41) is 0. The predicted octanol–water partition coefficient (Wildman–Crippen LogP) is 2.41. The van der Waals surface area contributed by atoms with Gasteiger partial charge in [-0.2, -0.15) is 0 Å². The van der Waals surface area contributed by atoms with Crippen molar-refractivity contribution in [1.82, 2.24) is 0 Å². The Kier molecular flexibility index (Phi) is 2.48. The molecule has 1 nitrogen and oxygen atoms in total. The van der Waals surface area contributed by atoms with Crippen molar-refractivity contribution in [3.8, 4) is 11.8 Å². The average molecular weight is 203 g/mol. The van der Waals surface area contributed by atoms with Crippen molar-refractivity contribution in [2.75, 3.05) is 6.54 Å². The van der Waals surface area contributed by atoms with E-state index < -0.39 is 0 Å². The van der Waals surface area contributed by atoms with E-state index in [1.165, 1.54) is 32.1 Å². The van der Waals surface area contributed by atoms with Gasteiger partial charge in [-0.3, -0.25) is 0 Å². The van der Waals surface area contributed by atoms with Gasteiger partial charge in [-0.1, -0.05) is 5.92 Å². The van der Waals surface area contributed by atoms with Gasteiger partial charge in [0.15, 0.2) is 0 Å². The normalized spacial score (nSPS) is 46.3. The highest BCUT2D eigenvalue weighted by atomic mass is 14.5. The Balaban J connectivity index is 1.73. The first-order valence-electron chi connectivity index (χ1n) is 6.55. The Bertz CT molecular complexity index is 268. The smallest absolute Gasteiger partial charge is 0.0259 e. The summed E-state index contributed by atoms with van der Waals surface area (Å²) < 4.78 is 0. The van der Waals surface area contributed by atoms with Gasteiger partial charge in [-0.05, 0) is 55.8 Å². The molecular formula is C14H21N. The lowest BCUT2D eigenvalue weighted by Gasteiger charge is -2.52. The van der Waals surface area contributed by atoms with E-state index in [0.717, 1.165) is 42.6 Å². The van der Waals surface area contributed by atoms with E-state index in [4.69, 9.17) is 5.73 Å². The average Bonchev–Trinajstić information content (AvgIpc) is 2.21. The van der Waals surface area contributed by atoms with E-state index in [2.05, 4.69) is 11.8 Å². The van der Waals surface area contributed by atoms with Crippen LogP contribution in [-0.2, 0) is 0 Å². The molecule has 82 valence electrons. The molecule has 4 rings (SSSR count). The molecule has 0 unspecified atom stereocenters. The van der Waals surface area contributed by atoms with Crippen LogP contribution in [0.15, 0.2) is 0 Å². The summed E-state index contributed by atoms with van der Waals surface area (Å²) in [6.07, 6.45) is 8.35. The van der Waals surface area contributed by atoms with Crippen molar-refractivity contribution in [1.29, 1.82) is 0 Å². The molecule has 0 saturated heterocycles. The van der Waals surface area contributed by atoms with E-state index in [0.29, 0.717) is 0 Å². The third-order valence-corrected chi connectivity index (χ3v) is 4.76. The van der Waals surface area contributed by atoms with Gasteiger partial charge in [0, 0.05) is 18.9 Å². The summed E-state index contributed by atoms with van der Waals surface area (Å²) in [4.78, 5) is 0. The highest BCUT2D eigenvalue weighted by Gasteiger charge is 2.47. The molecule has 1 heteroatoms. The van der Waals surface area contributed by atoms with Crippen molar-refractivity contribution in [3.05, 3.63) is 0 Å². The standard InChI is InChI=1S/C14H21N/c15-4-2-1-3-14-12-6-10-5-11(8-12)9-13(14)7-10/h10-14H,2,4-9,15H2. The van der Waals surface area contributed by atoms with Crippen LogP contribution in [0, 0.1) is 41.4 Å². The maximum Gasteiger partial charge on any atom is 0.0259 e. The monoisotopic (exact) mass is 203 g/mol. The van der Waals surface area contributed by atoms with Crippen molar-refractivity contribution < 1.29 is 0 Å². The van der Waals surface area contributed by atoms with Crippen molar-refractivity contribution in [2.45, 2.75) is 38.5 Å². The summed E-state index contributed by atoms with van der Waals surface area (Å²) in [5.41, 5.74) is 5.49. The molecule has 4 fully saturated rings. The Labute approximate surface area is 92.8 Å². The molecule has 4 aliphatic carbocycles. The van der Waals surface area contributed by atoms with Crippen LogP contribution in [0.25, 0.3) is 0 Å². The number of rotatable bonds is 1. The fourth-order valence-corrected chi connectivity index (χ4v) is 4.42. The van der Waals surface area contributed by atoms with Crippen LogP contribution >= 0.6 is 0 Å². The lowest BCUT2D eigenvalue weighted by Crippen LogP contribution is -2.44. The van der Waals surface area contributed by atoms with E-state index in [1.54, 1.807) is 0 Å². The molecule has 2 N–H and O–H groups in total. The predicted molar refractivity (Wildman–Crippen MR) is 62.0 cm³/mol. The van der Waals surface area contributed by atoms with Crippen LogP contribution in [0.1, 0.15) is 38.5 Å². The van der Waals surface area contributed by atoms with Crippen LogP contribution in [0.4, 0.5) is 0 Å². The molecule has 0 spiro atoms. The van der Waals surface area contributed by atoms with E-state index in [-0.39, 0.29) is 0 Å². The molecule has 0 heterocycles. The first-order valence-corrected chi connectivity index (χ1v) is 6.55. The molecule has 0 aromatic carbocycles. The molecule has 0 aromatic heterocycles. The Morgan fingerprint density at radius 3 is 2.07 bits per heavy atom. The Morgan fingerprint density at radius 2 is 1.53 bits per heavy atom.